The quantitative estimate of drug-likeness (QED) is 0.716. The third-order valence-electron chi connectivity index (χ3n) is 1.92. The Balaban J connectivity index is 2.83. The summed E-state index contributed by atoms with van der Waals surface area (Å²) in [5, 5.41) is 0.00645. The minimum atomic E-state index is -3.63. The van der Waals surface area contributed by atoms with Gasteiger partial charge in [0.2, 0.25) is 0 Å². The van der Waals surface area contributed by atoms with Crippen molar-refractivity contribution in [3.05, 3.63) is 29.3 Å². The van der Waals surface area contributed by atoms with Gasteiger partial charge in [0.25, 0.3) is 10.0 Å². The minimum Gasteiger partial charge on any atom is -0.199 e. The van der Waals surface area contributed by atoms with Crippen LogP contribution in [-0.2, 0) is 15.9 Å². The number of hydrogen-bond acceptors (Lipinski definition) is 2. The second kappa shape index (κ2) is 3.22. The molecule has 1 aromatic carbocycles. The van der Waals surface area contributed by atoms with Crippen molar-refractivity contribution in [1.82, 2.24) is 0 Å². The second-order valence-electron chi connectivity index (χ2n) is 2.78. The Morgan fingerprint density at radius 2 is 2.07 bits per heavy atom. The first kappa shape index (κ1) is 9.96. The van der Waals surface area contributed by atoms with Crippen LogP contribution in [0.5, 0.6) is 0 Å². The van der Waals surface area contributed by atoms with Crippen molar-refractivity contribution >= 4 is 38.4 Å². The Morgan fingerprint density at radius 1 is 1.36 bits per heavy atom. The number of alkyl halides is 1. The van der Waals surface area contributed by atoms with Gasteiger partial charge in [-0.1, -0.05) is 29.8 Å². The SMILES string of the molecule is O=S1(=O)N=C(Cl)c2cccc(CCl)c21. The van der Waals surface area contributed by atoms with Gasteiger partial charge in [0, 0.05) is 11.4 Å². The average molecular weight is 250 g/mol. The average Bonchev–Trinajstić information content (AvgIpc) is 2.38. The number of halogens is 2. The molecule has 6 heteroatoms. The summed E-state index contributed by atoms with van der Waals surface area (Å²) in [5.74, 6) is 0.127. The van der Waals surface area contributed by atoms with Crippen molar-refractivity contribution in [1.29, 1.82) is 0 Å². The van der Waals surface area contributed by atoms with Gasteiger partial charge in [-0.2, -0.15) is 8.42 Å². The largest absolute Gasteiger partial charge is 0.284 e. The first-order valence-corrected chi connectivity index (χ1v) is 6.10. The van der Waals surface area contributed by atoms with Crippen LogP contribution in [0.2, 0.25) is 0 Å². The van der Waals surface area contributed by atoms with Gasteiger partial charge in [0.15, 0.2) is 5.17 Å². The van der Waals surface area contributed by atoms with E-state index in [1.165, 1.54) is 0 Å². The third kappa shape index (κ3) is 1.34. The molecule has 0 atom stereocenters. The summed E-state index contributed by atoms with van der Waals surface area (Å²) in [5.41, 5.74) is 0.966. The van der Waals surface area contributed by atoms with Crippen molar-refractivity contribution in [3.8, 4) is 0 Å². The number of rotatable bonds is 1. The molecule has 0 fully saturated rings. The summed E-state index contributed by atoms with van der Waals surface area (Å²) < 4.78 is 26.4. The molecule has 0 unspecified atom stereocenters. The van der Waals surface area contributed by atoms with Gasteiger partial charge in [-0.3, -0.25) is 0 Å². The van der Waals surface area contributed by atoms with Gasteiger partial charge < -0.3 is 0 Å². The summed E-state index contributed by atoms with van der Waals surface area (Å²) in [6.07, 6.45) is 0. The molecule has 0 spiro atoms. The van der Waals surface area contributed by atoms with Gasteiger partial charge in [-0.25, -0.2) is 0 Å². The van der Waals surface area contributed by atoms with Crippen LogP contribution in [0.3, 0.4) is 0 Å². The van der Waals surface area contributed by atoms with Crippen LogP contribution < -0.4 is 0 Å². The summed E-state index contributed by atoms with van der Waals surface area (Å²) in [6, 6.07) is 4.96. The Hall–Kier alpha value is -0.580. The normalized spacial score (nSPS) is 17.7. The highest BCUT2D eigenvalue weighted by Gasteiger charge is 2.30. The summed E-state index contributed by atoms with van der Waals surface area (Å²) >= 11 is 11.3. The lowest BCUT2D eigenvalue weighted by Crippen LogP contribution is -1.98. The maximum atomic E-state index is 11.5. The van der Waals surface area contributed by atoms with Crippen LogP contribution in [0.25, 0.3) is 0 Å². The van der Waals surface area contributed by atoms with Crippen molar-refractivity contribution in [2.24, 2.45) is 4.40 Å². The molecule has 1 aliphatic heterocycles. The molecule has 14 heavy (non-hydrogen) atoms. The van der Waals surface area contributed by atoms with Crippen LogP contribution in [0, 0.1) is 0 Å². The van der Waals surface area contributed by atoms with Gasteiger partial charge in [-0.05, 0) is 5.56 Å². The minimum absolute atomic E-state index is 0.00645. The summed E-state index contributed by atoms with van der Waals surface area (Å²) in [7, 11) is -3.63. The van der Waals surface area contributed by atoms with E-state index in [1.807, 2.05) is 0 Å². The van der Waals surface area contributed by atoms with Crippen molar-refractivity contribution in [2.75, 3.05) is 0 Å². The van der Waals surface area contributed by atoms with Crippen LogP contribution >= 0.6 is 23.2 Å². The van der Waals surface area contributed by atoms with E-state index in [2.05, 4.69) is 4.40 Å². The van der Waals surface area contributed by atoms with E-state index in [-0.39, 0.29) is 15.9 Å². The summed E-state index contributed by atoms with van der Waals surface area (Å²) in [6.45, 7) is 0. The second-order valence-corrected chi connectivity index (χ2v) is 4.95. The molecule has 0 aromatic heterocycles. The molecular formula is C8H5Cl2NO2S. The molecule has 3 nitrogen and oxygen atoms in total. The van der Waals surface area contributed by atoms with Gasteiger partial charge in [0.05, 0.1) is 0 Å². The molecule has 0 bridgehead atoms. The Bertz CT molecular complexity index is 522. The lowest BCUT2D eigenvalue weighted by atomic mass is 10.1. The molecule has 74 valence electrons. The lowest BCUT2D eigenvalue weighted by Gasteiger charge is -2.02. The number of fused-ring (bicyclic) bond motifs is 1. The fourth-order valence-corrected chi connectivity index (χ4v) is 3.46. The first-order chi connectivity index (χ1) is 6.56. The Kier molecular flexibility index (Phi) is 2.29. The fraction of sp³-hybridized carbons (Fsp3) is 0.125. The molecular weight excluding hydrogens is 245 g/mol. The zero-order chi connectivity index (χ0) is 10.3. The smallest absolute Gasteiger partial charge is 0.199 e. The van der Waals surface area contributed by atoms with Crippen LogP contribution in [0.1, 0.15) is 11.1 Å². The molecule has 1 aromatic rings. The fourth-order valence-electron chi connectivity index (χ4n) is 1.36. The first-order valence-electron chi connectivity index (χ1n) is 3.75. The Morgan fingerprint density at radius 3 is 2.71 bits per heavy atom. The van der Waals surface area contributed by atoms with E-state index < -0.39 is 10.0 Å². The zero-order valence-electron chi connectivity index (χ0n) is 6.87. The molecule has 0 radical (unpaired) electrons. The lowest BCUT2D eigenvalue weighted by molar-refractivity contribution is 0.598. The Labute approximate surface area is 91.4 Å². The molecule has 1 aliphatic rings. The van der Waals surface area contributed by atoms with Gasteiger partial charge >= 0.3 is 0 Å². The third-order valence-corrected chi connectivity index (χ3v) is 4.02. The molecule has 1 heterocycles. The molecule has 0 saturated carbocycles. The molecule has 0 saturated heterocycles. The molecule has 2 rings (SSSR count). The standard InChI is InChI=1S/C8H5Cl2NO2S/c9-4-5-2-1-3-6-7(5)14(12,13)11-8(6)10/h1-3H,4H2. The van der Waals surface area contributed by atoms with Gasteiger partial charge in [-0.15, -0.1) is 16.0 Å². The van der Waals surface area contributed by atoms with Crippen LogP contribution in [0.15, 0.2) is 27.5 Å². The van der Waals surface area contributed by atoms with Crippen molar-refractivity contribution in [2.45, 2.75) is 10.8 Å². The predicted molar refractivity (Wildman–Crippen MR) is 55.6 cm³/mol. The van der Waals surface area contributed by atoms with E-state index >= 15 is 0 Å². The van der Waals surface area contributed by atoms with Crippen molar-refractivity contribution < 1.29 is 8.42 Å². The van der Waals surface area contributed by atoms with E-state index in [0.717, 1.165) is 0 Å². The number of benzene rings is 1. The van der Waals surface area contributed by atoms with Crippen molar-refractivity contribution in [3.63, 3.8) is 0 Å². The van der Waals surface area contributed by atoms with Crippen LogP contribution in [-0.4, -0.2) is 13.6 Å². The maximum absolute atomic E-state index is 11.5. The molecule has 0 aliphatic carbocycles. The highest BCUT2D eigenvalue weighted by molar-refractivity contribution is 7.91. The molecule has 0 N–H and O–H groups in total. The van der Waals surface area contributed by atoms with E-state index in [1.54, 1.807) is 18.2 Å². The maximum Gasteiger partial charge on any atom is 0.284 e. The molecule has 0 amide bonds. The number of sulfonamides is 1. The number of nitrogens with zero attached hydrogens (tertiary/aromatic N) is 1. The highest BCUT2D eigenvalue weighted by atomic mass is 35.5. The topological polar surface area (TPSA) is 46.5 Å². The zero-order valence-corrected chi connectivity index (χ0v) is 9.20. The monoisotopic (exact) mass is 249 g/mol. The summed E-state index contributed by atoms with van der Waals surface area (Å²) in [4.78, 5) is 0.139. The van der Waals surface area contributed by atoms with Gasteiger partial charge in [0.1, 0.15) is 4.90 Å². The number of hydrogen-bond donors (Lipinski definition) is 0. The van der Waals surface area contributed by atoms with Crippen LogP contribution in [0.4, 0.5) is 0 Å². The van der Waals surface area contributed by atoms with E-state index in [0.29, 0.717) is 11.1 Å². The van der Waals surface area contributed by atoms with E-state index in [4.69, 9.17) is 23.2 Å². The highest BCUT2D eigenvalue weighted by Crippen LogP contribution is 2.31. The van der Waals surface area contributed by atoms with E-state index in [9.17, 15) is 8.42 Å². The predicted octanol–water partition coefficient (Wildman–Crippen LogP) is 2.11.